The average molecular weight is 927 g/mol. The van der Waals surface area contributed by atoms with Gasteiger partial charge in [-0.25, -0.2) is 9.36 Å². The van der Waals surface area contributed by atoms with Gasteiger partial charge in [-0.05, 0) is 47.6 Å². The topological polar surface area (TPSA) is 171 Å². The van der Waals surface area contributed by atoms with Crippen molar-refractivity contribution in [3.05, 3.63) is 95.6 Å². The van der Waals surface area contributed by atoms with Crippen molar-refractivity contribution < 1.29 is 61.0 Å². The van der Waals surface area contributed by atoms with E-state index in [4.69, 9.17) is 72.1 Å². The number of alkyl halides is 3. The van der Waals surface area contributed by atoms with Crippen LogP contribution in [0.1, 0.15) is 81.9 Å². The van der Waals surface area contributed by atoms with E-state index in [9.17, 15) is 23.7 Å². The van der Waals surface area contributed by atoms with Crippen molar-refractivity contribution in [3.63, 3.8) is 0 Å². The van der Waals surface area contributed by atoms with Crippen molar-refractivity contribution in [2.24, 2.45) is 0 Å². The lowest BCUT2D eigenvalue weighted by molar-refractivity contribution is -0.260. The number of hydrogen-bond donors (Lipinski definition) is 1. The molecule has 61 heavy (non-hydrogen) atoms. The molecule has 3 aromatic carbocycles. The molecule has 332 valence electrons. The molecule has 1 heterocycles. The summed E-state index contributed by atoms with van der Waals surface area (Å²) in [5, 5.41) is 2.46. The standard InChI is InChI=1S/C43H51Cl3NO13P/c1-4-6-23-55-61(52,56-24-7-5-2)60-40-37(47-41(50)43(44,45)46)39(59-42(51)54-26-34-32-19-13-11-17-30(32)31-18-12-14-20-33(31)34)38(58-36(49)22-21-28(3)48)35(57-40)27-53-25-29-15-9-8-10-16-29/h8-20,34-35,37-40H,4-7,21-27H2,1-3H3,(H,47,50)/t35-,37-,38-,39-,40+/m1/s1. The third-order valence-corrected chi connectivity index (χ3v) is 11.8. The third kappa shape index (κ3) is 14.0. The van der Waals surface area contributed by atoms with Gasteiger partial charge in [0.05, 0.1) is 32.8 Å². The predicted octanol–water partition coefficient (Wildman–Crippen LogP) is 9.16. The second-order valence-corrected chi connectivity index (χ2v) is 18.4. The molecule has 3 aromatic rings. The lowest BCUT2D eigenvalue weighted by atomic mass is 9.96. The molecule has 1 aliphatic heterocycles. The van der Waals surface area contributed by atoms with E-state index in [1.807, 2.05) is 92.7 Å². The van der Waals surface area contributed by atoms with E-state index in [1.54, 1.807) is 0 Å². The Morgan fingerprint density at radius 1 is 0.770 bits per heavy atom. The quantitative estimate of drug-likeness (QED) is 0.0438. The Balaban J connectivity index is 1.52. The molecule has 0 bridgehead atoms. The minimum absolute atomic E-state index is 0.0303. The minimum atomic E-state index is -4.52. The Morgan fingerprint density at radius 3 is 1.93 bits per heavy atom. The number of fused-ring (bicyclic) bond motifs is 3. The van der Waals surface area contributed by atoms with Gasteiger partial charge < -0.3 is 33.8 Å². The summed E-state index contributed by atoms with van der Waals surface area (Å²) in [6, 6.07) is 22.9. The Kier molecular flexibility index (Phi) is 18.4. The molecule has 18 heteroatoms. The molecule has 1 amide bonds. The van der Waals surface area contributed by atoms with Gasteiger partial charge in [-0.1, -0.05) is 140 Å². The number of Topliss-reactive ketones (excluding diaryl/α,β-unsaturated/α-hetero) is 1. The van der Waals surface area contributed by atoms with Gasteiger partial charge in [0.2, 0.25) is 0 Å². The zero-order valence-electron chi connectivity index (χ0n) is 34.1. The molecule has 2 aliphatic rings. The first-order valence-corrected chi connectivity index (χ1v) is 22.7. The molecular weight excluding hydrogens is 876 g/mol. The molecule has 1 aliphatic carbocycles. The fourth-order valence-corrected chi connectivity index (χ4v) is 8.26. The molecule has 14 nitrogen and oxygen atoms in total. The van der Waals surface area contributed by atoms with Crippen LogP contribution in [0.5, 0.6) is 0 Å². The van der Waals surface area contributed by atoms with E-state index in [0.717, 1.165) is 27.8 Å². The van der Waals surface area contributed by atoms with Crippen molar-refractivity contribution >= 4 is 66.4 Å². The second-order valence-electron chi connectivity index (χ2n) is 14.5. The van der Waals surface area contributed by atoms with Gasteiger partial charge in [0.25, 0.3) is 9.70 Å². The van der Waals surface area contributed by atoms with Gasteiger partial charge in [0.1, 0.15) is 24.5 Å². The van der Waals surface area contributed by atoms with Crippen LogP contribution in [0.2, 0.25) is 0 Å². The molecule has 1 N–H and O–H groups in total. The number of halogens is 3. The molecule has 0 saturated carbocycles. The number of phosphoric ester groups is 1. The maximum Gasteiger partial charge on any atom is 0.508 e. The molecule has 1 fully saturated rings. The number of rotatable bonds is 22. The minimum Gasteiger partial charge on any atom is -0.455 e. The highest BCUT2D eigenvalue weighted by Crippen LogP contribution is 2.53. The van der Waals surface area contributed by atoms with Crippen LogP contribution >= 0.6 is 42.6 Å². The number of ketones is 1. The smallest absolute Gasteiger partial charge is 0.455 e. The Hall–Kier alpha value is -3.56. The summed E-state index contributed by atoms with van der Waals surface area (Å²) in [5.74, 6) is -2.75. The number of amides is 1. The Bertz CT molecular complexity index is 1920. The molecule has 0 aromatic heterocycles. The van der Waals surface area contributed by atoms with Gasteiger partial charge in [0, 0.05) is 12.3 Å². The van der Waals surface area contributed by atoms with Crippen LogP contribution in [-0.2, 0) is 62.8 Å². The van der Waals surface area contributed by atoms with E-state index in [1.165, 1.54) is 6.92 Å². The number of ether oxygens (including phenoxy) is 5. The first kappa shape index (κ1) is 48.5. The SMILES string of the molecule is CCCCOP(=O)(OCCCC)O[C@@H]1O[C@H](COCc2ccccc2)[C@@H](OC(=O)CCC(C)=O)[C@H](OC(=O)OCC2c3ccccc3-c3ccccc32)[C@H]1NC(=O)C(Cl)(Cl)Cl. The first-order chi connectivity index (χ1) is 29.2. The number of phosphoric acid groups is 1. The van der Waals surface area contributed by atoms with Gasteiger partial charge in [0.15, 0.2) is 18.5 Å². The second kappa shape index (κ2) is 23.2. The molecule has 0 unspecified atom stereocenters. The normalized spacial score (nSPS) is 20.0. The van der Waals surface area contributed by atoms with Crippen LogP contribution in [0, 0.1) is 0 Å². The van der Waals surface area contributed by atoms with Gasteiger partial charge >= 0.3 is 19.9 Å². The number of nitrogens with one attached hydrogen (secondary N) is 1. The van der Waals surface area contributed by atoms with E-state index >= 15 is 0 Å². The van der Waals surface area contributed by atoms with E-state index in [2.05, 4.69) is 5.32 Å². The number of esters is 1. The average Bonchev–Trinajstić information content (AvgIpc) is 3.55. The molecule has 1 saturated heterocycles. The highest BCUT2D eigenvalue weighted by atomic mass is 35.6. The molecule has 0 radical (unpaired) electrons. The monoisotopic (exact) mass is 925 g/mol. The highest BCUT2D eigenvalue weighted by molar-refractivity contribution is 7.48. The van der Waals surface area contributed by atoms with Crippen molar-refractivity contribution in [1.29, 1.82) is 0 Å². The molecule has 5 rings (SSSR count). The summed E-state index contributed by atoms with van der Waals surface area (Å²) in [7, 11) is -4.52. The Labute approximate surface area is 370 Å². The predicted molar refractivity (Wildman–Crippen MR) is 227 cm³/mol. The maximum absolute atomic E-state index is 14.3. The van der Waals surface area contributed by atoms with Gasteiger partial charge in [-0.2, -0.15) is 0 Å². The van der Waals surface area contributed by atoms with Crippen LogP contribution in [0.15, 0.2) is 78.9 Å². The van der Waals surface area contributed by atoms with Crippen LogP contribution in [0.3, 0.4) is 0 Å². The largest absolute Gasteiger partial charge is 0.508 e. The zero-order valence-corrected chi connectivity index (χ0v) is 37.3. The number of unbranched alkanes of at least 4 members (excludes halogenated alkanes) is 2. The van der Waals surface area contributed by atoms with Crippen LogP contribution in [0.4, 0.5) is 4.79 Å². The summed E-state index contributed by atoms with van der Waals surface area (Å²) >= 11 is 18.1. The van der Waals surface area contributed by atoms with Crippen molar-refractivity contribution in [2.45, 2.75) is 106 Å². The number of carbonyl (C=O) groups excluding carboxylic acids is 4. The van der Waals surface area contributed by atoms with E-state index in [0.29, 0.717) is 25.7 Å². The van der Waals surface area contributed by atoms with Crippen molar-refractivity contribution in [3.8, 4) is 11.1 Å². The highest BCUT2D eigenvalue weighted by Gasteiger charge is 2.55. The summed E-state index contributed by atoms with van der Waals surface area (Å²) < 4.78 is 59.2. The van der Waals surface area contributed by atoms with Crippen LogP contribution < -0.4 is 5.32 Å². The number of carbonyl (C=O) groups is 4. The number of hydrogen-bond acceptors (Lipinski definition) is 13. The fraction of sp³-hybridized carbons (Fsp3) is 0.488. The number of benzene rings is 3. The lowest BCUT2D eigenvalue weighted by Gasteiger charge is -2.45. The van der Waals surface area contributed by atoms with Crippen molar-refractivity contribution in [2.75, 3.05) is 26.4 Å². The molecule has 5 atom stereocenters. The summed E-state index contributed by atoms with van der Waals surface area (Å²) in [5.41, 5.74) is 4.62. The van der Waals surface area contributed by atoms with E-state index in [-0.39, 0.29) is 57.6 Å². The summed E-state index contributed by atoms with van der Waals surface area (Å²) in [6.07, 6.45) is -5.92. The lowest BCUT2D eigenvalue weighted by Crippen LogP contribution is -2.67. The van der Waals surface area contributed by atoms with E-state index < -0.39 is 60.3 Å². The third-order valence-electron chi connectivity index (χ3n) is 9.83. The summed E-state index contributed by atoms with van der Waals surface area (Å²) in [6.45, 7) is 4.64. The van der Waals surface area contributed by atoms with Crippen LogP contribution in [-0.4, -0.2) is 84.7 Å². The maximum atomic E-state index is 14.3. The van der Waals surface area contributed by atoms with Gasteiger partial charge in [-0.15, -0.1) is 0 Å². The molecule has 0 spiro atoms. The van der Waals surface area contributed by atoms with Crippen LogP contribution in [0.25, 0.3) is 11.1 Å². The summed E-state index contributed by atoms with van der Waals surface area (Å²) in [4.78, 5) is 52.7. The first-order valence-electron chi connectivity index (χ1n) is 20.2. The Morgan fingerprint density at radius 2 is 1.36 bits per heavy atom. The molecular formula is C43H51Cl3NO13P. The van der Waals surface area contributed by atoms with Gasteiger partial charge in [-0.3, -0.25) is 23.2 Å². The van der Waals surface area contributed by atoms with Crippen molar-refractivity contribution in [1.82, 2.24) is 5.32 Å². The fourth-order valence-electron chi connectivity index (χ4n) is 6.75. The zero-order chi connectivity index (χ0) is 44.0.